The van der Waals surface area contributed by atoms with Gasteiger partial charge in [0.15, 0.2) is 14.9 Å². The second-order valence-electron chi connectivity index (χ2n) is 5.41. The molecule has 6 nitrogen and oxygen atoms in total. The van der Waals surface area contributed by atoms with Crippen molar-refractivity contribution in [2.24, 2.45) is 0 Å². The number of nitrogens with one attached hydrogen (secondary N) is 1. The Morgan fingerprint density at radius 1 is 1.32 bits per heavy atom. The van der Waals surface area contributed by atoms with Gasteiger partial charge in [-0.1, -0.05) is 0 Å². The molecule has 2 rings (SSSR count). The fourth-order valence-corrected chi connectivity index (χ4v) is 4.62. The van der Waals surface area contributed by atoms with E-state index in [0.29, 0.717) is 11.5 Å². The number of hydrazine groups is 1. The van der Waals surface area contributed by atoms with E-state index in [1.165, 1.54) is 0 Å². The number of sulfone groups is 1. The molecule has 1 heterocycles. The molecule has 1 aromatic rings. The van der Waals surface area contributed by atoms with Crippen LogP contribution in [0.4, 0.5) is 5.69 Å². The SMILES string of the molecule is COc1ccc(NC(=S)N([C@H]2CCS(=O)(=O)C2)N(C)C)cc1. The fraction of sp³-hybridized carbons (Fsp3) is 0.500. The van der Waals surface area contributed by atoms with Gasteiger partial charge in [-0.15, -0.1) is 0 Å². The molecule has 0 saturated carbocycles. The van der Waals surface area contributed by atoms with Gasteiger partial charge in [-0.2, -0.15) is 0 Å². The fourth-order valence-electron chi connectivity index (χ4n) is 2.50. The normalized spacial score (nSPS) is 19.9. The predicted octanol–water partition coefficient (Wildman–Crippen LogP) is 1.36. The minimum Gasteiger partial charge on any atom is -0.497 e. The van der Waals surface area contributed by atoms with Gasteiger partial charge >= 0.3 is 0 Å². The van der Waals surface area contributed by atoms with Crippen LogP contribution in [0.25, 0.3) is 0 Å². The molecule has 1 aliphatic heterocycles. The predicted molar refractivity (Wildman–Crippen MR) is 91.8 cm³/mol. The summed E-state index contributed by atoms with van der Waals surface area (Å²) < 4.78 is 28.5. The highest BCUT2D eigenvalue weighted by atomic mass is 32.2. The van der Waals surface area contributed by atoms with Gasteiger partial charge in [0, 0.05) is 19.8 Å². The summed E-state index contributed by atoms with van der Waals surface area (Å²) in [7, 11) is 2.36. The van der Waals surface area contributed by atoms with Crippen molar-refractivity contribution < 1.29 is 13.2 Å². The lowest BCUT2D eigenvalue weighted by Crippen LogP contribution is -2.51. The Balaban J connectivity index is 2.09. The van der Waals surface area contributed by atoms with Crippen LogP contribution in [-0.2, 0) is 9.84 Å². The number of benzene rings is 1. The molecule has 1 atom stereocenters. The summed E-state index contributed by atoms with van der Waals surface area (Å²) in [6.07, 6.45) is 0.588. The maximum absolute atomic E-state index is 11.7. The molecule has 1 aliphatic rings. The second kappa shape index (κ2) is 6.80. The molecular weight excluding hydrogens is 322 g/mol. The van der Waals surface area contributed by atoms with Gasteiger partial charge in [-0.25, -0.2) is 13.4 Å². The summed E-state index contributed by atoms with van der Waals surface area (Å²) in [5.74, 6) is 1.12. The minimum absolute atomic E-state index is 0.127. The van der Waals surface area contributed by atoms with E-state index in [2.05, 4.69) is 5.32 Å². The third kappa shape index (κ3) is 4.08. The molecule has 0 unspecified atom stereocenters. The van der Waals surface area contributed by atoms with Crippen molar-refractivity contribution in [1.29, 1.82) is 0 Å². The number of anilines is 1. The van der Waals surface area contributed by atoms with Gasteiger partial charge in [-0.05, 0) is 42.9 Å². The molecule has 1 fully saturated rings. The van der Waals surface area contributed by atoms with E-state index in [9.17, 15) is 8.42 Å². The third-order valence-electron chi connectivity index (χ3n) is 3.53. The first kappa shape index (κ1) is 17.0. The number of rotatable bonds is 4. The van der Waals surface area contributed by atoms with Crippen molar-refractivity contribution in [3.05, 3.63) is 24.3 Å². The van der Waals surface area contributed by atoms with Crippen molar-refractivity contribution in [3.8, 4) is 5.75 Å². The number of ether oxygens (including phenoxy) is 1. The Labute approximate surface area is 136 Å². The van der Waals surface area contributed by atoms with E-state index >= 15 is 0 Å². The Bertz CT molecular complexity index is 629. The highest BCUT2D eigenvalue weighted by Crippen LogP contribution is 2.21. The van der Waals surface area contributed by atoms with E-state index in [1.807, 2.05) is 48.4 Å². The van der Waals surface area contributed by atoms with Gasteiger partial charge < -0.3 is 10.1 Å². The van der Waals surface area contributed by atoms with Crippen LogP contribution >= 0.6 is 12.2 Å². The first-order valence-electron chi connectivity index (χ1n) is 6.94. The summed E-state index contributed by atoms with van der Waals surface area (Å²) >= 11 is 5.45. The van der Waals surface area contributed by atoms with Crippen LogP contribution in [0.15, 0.2) is 24.3 Å². The smallest absolute Gasteiger partial charge is 0.188 e. The molecule has 1 saturated heterocycles. The zero-order chi connectivity index (χ0) is 16.3. The largest absolute Gasteiger partial charge is 0.497 e. The van der Waals surface area contributed by atoms with Crippen LogP contribution in [0.1, 0.15) is 6.42 Å². The molecule has 22 heavy (non-hydrogen) atoms. The van der Waals surface area contributed by atoms with Gasteiger partial charge in [0.2, 0.25) is 0 Å². The lowest BCUT2D eigenvalue weighted by atomic mass is 10.2. The van der Waals surface area contributed by atoms with Crippen LogP contribution < -0.4 is 10.1 Å². The van der Waals surface area contributed by atoms with Crippen molar-refractivity contribution >= 4 is 32.9 Å². The molecule has 0 bridgehead atoms. The van der Waals surface area contributed by atoms with Gasteiger partial charge in [0.1, 0.15) is 5.75 Å². The topological polar surface area (TPSA) is 61.9 Å². The lowest BCUT2D eigenvalue weighted by Gasteiger charge is -2.36. The van der Waals surface area contributed by atoms with Gasteiger partial charge in [0.05, 0.1) is 24.7 Å². The average Bonchev–Trinajstić information content (AvgIpc) is 2.79. The average molecular weight is 343 g/mol. The molecule has 0 spiro atoms. The van der Waals surface area contributed by atoms with Crippen molar-refractivity contribution in [2.45, 2.75) is 12.5 Å². The molecule has 1 aromatic carbocycles. The highest BCUT2D eigenvalue weighted by molar-refractivity contribution is 7.91. The summed E-state index contributed by atoms with van der Waals surface area (Å²) in [6, 6.07) is 7.28. The number of hydrogen-bond acceptors (Lipinski definition) is 5. The Kier molecular flexibility index (Phi) is 5.25. The van der Waals surface area contributed by atoms with Crippen molar-refractivity contribution in [2.75, 3.05) is 38.0 Å². The molecule has 0 aromatic heterocycles. The molecule has 0 radical (unpaired) electrons. The number of thiocarbonyl (C=S) groups is 1. The lowest BCUT2D eigenvalue weighted by molar-refractivity contribution is 0.0757. The Morgan fingerprint density at radius 3 is 2.41 bits per heavy atom. The van der Waals surface area contributed by atoms with Crippen molar-refractivity contribution in [1.82, 2.24) is 10.0 Å². The molecule has 1 N–H and O–H groups in total. The van der Waals surface area contributed by atoms with Crippen LogP contribution in [0, 0.1) is 0 Å². The second-order valence-corrected chi connectivity index (χ2v) is 8.02. The maximum Gasteiger partial charge on any atom is 0.188 e. The summed E-state index contributed by atoms with van der Waals surface area (Å²) in [5, 5.41) is 7.28. The monoisotopic (exact) mass is 343 g/mol. The summed E-state index contributed by atoms with van der Waals surface area (Å²) in [4.78, 5) is 0. The van der Waals surface area contributed by atoms with E-state index in [4.69, 9.17) is 17.0 Å². The number of methoxy groups -OCH3 is 1. The van der Waals surface area contributed by atoms with Crippen molar-refractivity contribution in [3.63, 3.8) is 0 Å². The number of nitrogens with zero attached hydrogens (tertiary/aromatic N) is 2. The van der Waals surface area contributed by atoms with E-state index in [-0.39, 0.29) is 17.5 Å². The maximum atomic E-state index is 11.7. The zero-order valence-electron chi connectivity index (χ0n) is 12.9. The quantitative estimate of drug-likeness (QED) is 0.654. The van der Waals surface area contributed by atoms with E-state index in [0.717, 1.165) is 11.4 Å². The van der Waals surface area contributed by atoms with Gasteiger partial charge in [-0.3, -0.25) is 5.01 Å². The third-order valence-corrected chi connectivity index (χ3v) is 5.57. The highest BCUT2D eigenvalue weighted by Gasteiger charge is 2.34. The van der Waals surface area contributed by atoms with E-state index < -0.39 is 9.84 Å². The van der Waals surface area contributed by atoms with Crippen LogP contribution in [-0.4, -0.2) is 62.3 Å². The molecule has 0 aliphatic carbocycles. The number of hydrogen-bond donors (Lipinski definition) is 1. The van der Waals surface area contributed by atoms with Crippen LogP contribution in [0.5, 0.6) is 5.75 Å². The van der Waals surface area contributed by atoms with Crippen LogP contribution in [0.2, 0.25) is 0 Å². The molecular formula is C14H21N3O3S2. The first-order valence-corrected chi connectivity index (χ1v) is 9.17. The standard InChI is InChI=1S/C14H21N3O3S2/c1-16(2)17(12-8-9-22(18,19)10-12)14(21)15-11-4-6-13(20-3)7-5-11/h4-7,12H,8-10H2,1-3H3,(H,15,21)/t12-/m0/s1. The van der Waals surface area contributed by atoms with E-state index in [1.54, 1.807) is 7.11 Å². The Hall–Kier alpha value is -1.38. The Morgan fingerprint density at radius 2 is 1.95 bits per heavy atom. The van der Waals surface area contributed by atoms with Gasteiger partial charge in [0.25, 0.3) is 0 Å². The first-order chi connectivity index (χ1) is 10.3. The van der Waals surface area contributed by atoms with Crippen LogP contribution in [0.3, 0.4) is 0 Å². The molecule has 8 heteroatoms. The summed E-state index contributed by atoms with van der Waals surface area (Å²) in [5.41, 5.74) is 0.832. The molecule has 0 amide bonds. The zero-order valence-corrected chi connectivity index (χ0v) is 14.6. The minimum atomic E-state index is -2.96. The summed E-state index contributed by atoms with van der Waals surface area (Å²) in [6.45, 7) is 0. The molecule has 122 valence electrons.